The molecule has 0 atom stereocenters. The molecule has 0 aliphatic rings. The van der Waals surface area contributed by atoms with Gasteiger partial charge in [-0.1, -0.05) is 5.92 Å². The van der Waals surface area contributed by atoms with Crippen LogP contribution in [0.4, 0.5) is 8.78 Å². The Morgan fingerprint density at radius 1 is 1.30 bits per heavy atom. The van der Waals surface area contributed by atoms with E-state index in [0.29, 0.717) is 22.9 Å². The quantitative estimate of drug-likeness (QED) is 0.443. The summed E-state index contributed by atoms with van der Waals surface area (Å²) in [5.74, 6) is 3.64. The summed E-state index contributed by atoms with van der Waals surface area (Å²) in [4.78, 5) is 12.4. The van der Waals surface area contributed by atoms with Crippen molar-refractivity contribution in [3.63, 3.8) is 0 Å². The fraction of sp³-hybridized carbons (Fsp3) is 0.286. The van der Waals surface area contributed by atoms with E-state index in [1.54, 1.807) is 38.5 Å². The first kappa shape index (κ1) is 20.2. The van der Waals surface area contributed by atoms with E-state index in [1.807, 2.05) is 13.0 Å². The monoisotopic (exact) mass is 369 g/mol. The summed E-state index contributed by atoms with van der Waals surface area (Å²) in [5.41, 5.74) is 2.77. The fourth-order valence-electron chi connectivity index (χ4n) is 2.34. The van der Waals surface area contributed by atoms with Gasteiger partial charge in [0.15, 0.2) is 0 Å². The predicted molar refractivity (Wildman–Crippen MR) is 103 cm³/mol. The molecule has 6 heteroatoms. The van der Waals surface area contributed by atoms with E-state index >= 15 is 0 Å². The molecule has 2 heterocycles. The van der Waals surface area contributed by atoms with Crippen molar-refractivity contribution < 1.29 is 13.5 Å². The molecule has 0 fully saturated rings. The highest BCUT2D eigenvalue weighted by atomic mass is 19.3. The van der Waals surface area contributed by atoms with Crippen molar-refractivity contribution in [3.8, 4) is 17.6 Å². The molecule has 0 saturated carbocycles. The van der Waals surface area contributed by atoms with E-state index < -0.39 is 12.3 Å². The Labute approximate surface area is 158 Å². The lowest BCUT2D eigenvalue weighted by molar-refractivity contribution is 0.0216. The Morgan fingerprint density at radius 3 is 2.63 bits per heavy atom. The molecule has 27 heavy (non-hydrogen) atoms. The number of aromatic nitrogens is 2. The zero-order chi connectivity index (χ0) is 19.9. The third-order valence-electron chi connectivity index (χ3n) is 3.48. The van der Waals surface area contributed by atoms with Crippen molar-refractivity contribution in [2.24, 2.45) is 4.99 Å². The molecule has 2 aromatic rings. The SMILES string of the molecule is CC#C/C=C(\C(=N/C)Oc1ccc(CC(C)(F)F)nc1)c1cncc(C)c1. The maximum absolute atomic E-state index is 13.1. The maximum Gasteiger partial charge on any atom is 0.250 e. The van der Waals surface area contributed by atoms with Crippen molar-refractivity contribution in [2.45, 2.75) is 33.1 Å². The topological polar surface area (TPSA) is 47.4 Å². The smallest absolute Gasteiger partial charge is 0.250 e. The lowest BCUT2D eigenvalue weighted by Crippen LogP contribution is -2.15. The Bertz CT molecular complexity index is 902. The number of ether oxygens (including phenoxy) is 1. The van der Waals surface area contributed by atoms with Crippen molar-refractivity contribution in [3.05, 3.63) is 59.7 Å². The summed E-state index contributed by atoms with van der Waals surface area (Å²) in [6, 6.07) is 5.07. The summed E-state index contributed by atoms with van der Waals surface area (Å²) in [5, 5.41) is 0. The number of rotatable bonds is 5. The second kappa shape index (κ2) is 9.04. The summed E-state index contributed by atoms with van der Waals surface area (Å²) >= 11 is 0. The van der Waals surface area contributed by atoms with E-state index in [1.165, 1.54) is 12.3 Å². The first-order valence-electron chi connectivity index (χ1n) is 8.34. The van der Waals surface area contributed by atoms with Gasteiger partial charge in [-0.15, -0.1) is 5.92 Å². The van der Waals surface area contributed by atoms with E-state index in [-0.39, 0.29) is 0 Å². The molecule has 0 aliphatic carbocycles. The molecule has 0 unspecified atom stereocenters. The third kappa shape index (κ3) is 6.30. The van der Waals surface area contributed by atoms with Crippen LogP contribution in [-0.2, 0) is 6.42 Å². The highest BCUT2D eigenvalue weighted by Crippen LogP contribution is 2.22. The first-order valence-corrected chi connectivity index (χ1v) is 8.34. The summed E-state index contributed by atoms with van der Waals surface area (Å²) in [6.07, 6.45) is 6.15. The molecule has 0 spiro atoms. The van der Waals surface area contributed by atoms with Gasteiger partial charge in [0.2, 0.25) is 5.90 Å². The molecule has 4 nitrogen and oxygen atoms in total. The highest BCUT2D eigenvalue weighted by molar-refractivity contribution is 6.20. The van der Waals surface area contributed by atoms with Gasteiger partial charge in [0.25, 0.3) is 5.92 Å². The van der Waals surface area contributed by atoms with Crippen LogP contribution >= 0.6 is 0 Å². The minimum Gasteiger partial charge on any atom is -0.437 e. The van der Waals surface area contributed by atoms with Crippen LogP contribution in [0, 0.1) is 18.8 Å². The fourth-order valence-corrected chi connectivity index (χ4v) is 2.34. The molecule has 2 aromatic heterocycles. The van der Waals surface area contributed by atoms with Gasteiger partial charge in [-0.25, -0.2) is 8.78 Å². The van der Waals surface area contributed by atoms with Gasteiger partial charge in [-0.3, -0.25) is 15.0 Å². The van der Waals surface area contributed by atoms with Gasteiger partial charge >= 0.3 is 0 Å². The number of nitrogens with zero attached hydrogens (tertiary/aromatic N) is 3. The van der Waals surface area contributed by atoms with Crippen LogP contribution in [0.25, 0.3) is 5.57 Å². The molecule has 0 N–H and O–H groups in total. The number of aryl methyl sites for hydroxylation is 1. The van der Waals surface area contributed by atoms with Gasteiger partial charge in [0.05, 0.1) is 18.2 Å². The van der Waals surface area contributed by atoms with Crippen molar-refractivity contribution in [1.82, 2.24) is 9.97 Å². The van der Waals surface area contributed by atoms with E-state index in [2.05, 4.69) is 26.8 Å². The largest absolute Gasteiger partial charge is 0.437 e. The average Bonchev–Trinajstić information content (AvgIpc) is 2.61. The van der Waals surface area contributed by atoms with Gasteiger partial charge in [-0.05, 0) is 44.5 Å². The second-order valence-electron chi connectivity index (χ2n) is 6.07. The number of alkyl halides is 2. The van der Waals surface area contributed by atoms with Crippen LogP contribution in [0.1, 0.15) is 30.7 Å². The van der Waals surface area contributed by atoms with Gasteiger partial charge < -0.3 is 4.74 Å². The number of allylic oxidation sites excluding steroid dienone is 1. The second-order valence-corrected chi connectivity index (χ2v) is 6.07. The Morgan fingerprint density at radius 2 is 2.07 bits per heavy atom. The minimum atomic E-state index is -2.81. The zero-order valence-electron chi connectivity index (χ0n) is 15.8. The molecular formula is C21H21F2N3O. The lowest BCUT2D eigenvalue weighted by Gasteiger charge is -2.13. The van der Waals surface area contributed by atoms with Crippen molar-refractivity contribution >= 4 is 11.5 Å². The molecule has 140 valence electrons. The Balaban J connectivity index is 2.29. The van der Waals surface area contributed by atoms with Gasteiger partial charge in [-0.2, -0.15) is 0 Å². The van der Waals surface area contributed by atoms with E-state index in [9.17, 15) is 8.78 Å². The molecule has 2 rings (SSSR count). The number of aliphatic imine (C=N–C) groups is 1. The maximum atomic E-state index is 13.1. The summed E-state index contributed by atoms with van der Waals surface area (Å²) in [6.45, 7) is 4.54. The lowest BCUT2D eigenvalue weighted by atomic mass is 10.1. The third-order valence-corrected chi connectivity index (χ3v) is 3.48. The van der Waals surface area contributed by atoms with Crippen LogP contribution in [0.5, 0.6) is 5.75 Å². The van der Waals surface area contributed by atoms with E-state index in [0.717, 1.165) is 18.1 Å². The van der Waals surface area contributed by atoms with Gasteiger partial charge in [0, 0.05) is 36.8 Å². The first-order chi connectivity index (χ1) is 12.8. The molecule has 0 radical (unpaired) electrons. The number of hydrogen-bond donors (Lipinski definition) is 0. The molecular weight excluding hydrogens is 348 g/mol. The van der Waals surface area contributed by atoms with Crippen LogP contribution in [0.2, 0.25) is 0 Å². The van der Waals surface area contributed by atoms with Crippen LogP contribution < -0.4 is 4.74 Å². The highest BCUT2D eigenvalue weighted by Gasteiger charge is 2.22. The van der Waals surface area contributed by atoms with Crippen LogP contribution in [-0.4, -0.2) is 28.8 Å². The number of halogens is 2. The van der Waals surface area contributed by atoms with Crippen molar-refractivity contribution in [2.75, 3.05) is 7.05 Å². The zero-order valence-corrected chi connectivity index (χ0v) is 15.8. The Kier molecular flexibility index (Phi) is 6.78. The van der Waals surface area contributed by atoms with Gasteiger partial charge in [0.1, 0.15) is 5.75 Å². The molecule has 0 saturated heterocycles. The standard InChI is InChI=1S/C21H21F2N3O/c1-5-6-7-19(16-10-15(2)12-25-13-16)20(24-4)27-18-9-8-17(26-14-18)11-21(3,22)23/h7-10,12-14H,11H2,1-4H3/b19-7-,24-20+. The van der Waals surface area contributed by atoms with Crippen LogP contribution in [0.15, 0.2) is 47.9 Å². The Hall–Kier alpha value is -3.07. The average molecular weight is 369 g/mol. The number of hydrogen-bond acceptors (Lipinski definition) is 4. The predicted octanol–water partition coefficient (Wildman–Crippen LogP) is 4.50. The molecule has 0 aromatic carbocycles. The molecule has 0 aliphatic heterocycles. The molecule has 0 amide bonds. The van der Waals surface area contributed by atoms with Crippen LogP contribution in [0.3, 0.4) is 0 Å². The minimum absolute atomic E-state index is 0.292. The van der Waals surface area contributed by atoms with Crippen molar-refractivity contribution in [1.29, 1.82) is 0 Å². The number of pyridine rings is 2. The normalized spacial score (nSPS) is 12.4. The van der Waals surface area contributed by atoms with E-state index in [4.69, 9.17) is 4.74 Å². The molecule has 0 bridgehead atoms. The summed E-state index contributed by atoms with van der Waals surface area (Å²) in [7, 11) is 1.60. The summed E-state index contributed by atoms with van der Waals surface area (Å²) < 4.78 is 32.0.